The molecule has 0 aliphatic carbocycles. The van der Waals surface area contributed by atoms with Gasteiger partial charge in [0.1, 0.15) is 5.78 Å². The minimum Gasteiger partial charge on any atom is -0.379 e. The average molecular weight is 797 g/mol. The van der Waals surface area contributed by atoms with Gasteiger partial charge in [0.2, 0.25) is 17.7 Å². The first kappa shape index (κ1) is 50.8. The van der Waals surface area contributed by atoms with Crippen LogP contribution in [-0.4, -0.2) is 200 Å². The van der Waals surface area contributed by atoms with Crippen molar-refractivity contribution in [3.63, 3.8) is 0 Å². The van der Waals surface area contributed by atoms with Crippen LogP contribution in [0, 0.1) is 5.92 Å². The second-order valence-corrected chi connectivity index (χ2v) is 12.1. The SMILES string of the molecule is CCC(=O)CCOCCOCCOCCOCCOCCOCCOCCOCCOCCOCCOCCOCCNC(=O)CCN1C(=O)CC(C)C1=O. The molecule has 0 aromatic heterocycles. The Hall–Kier alpha value is -2.20. The zero-order valence-corrected chi connectivity index (χ0v) is 33.3. The molecular formula is C37H68N2O16. The Morgan fingerprint density at radius 1 is 0.509 bits per heavy atom. The molecule has 55 heavy (non-hydrogen) atoms. The van der Waals surface area contributed by atoms with Gasteiger partial charge in [0.15, 0.2) is 0 Å². The lowest BCUT2D eigenvalue weighted by molar-refractivity contribution is -0.139. The number of imide groups is 1. The van der Waals surface area contributed by atoms with Crippen molar-refractivity contribution in [3.8, 4) is 0 Å². The number of nitrogens with zero attached hydrogens (tertiary/aromatic N) is 1. The summed E-state index contributed by atoms with van der Waals surface area (Å²) in [5.74, 6) is -0.762. The molecule has 1 fully saturated rings. The number of likely N-dealkylation sites (tertiary alicyclic amines) is 1. The molecular weight excluding hydrogens is 728 g/mol. The van der Waals surface area contributed by atoms with Crippen LogP contribution in [0.15, 0.2) is 0 Å². The van der Waals surface area contributed by atoms with Crippen LogP contribution in [0.3, 0.4) is 0 Å². The predicted octanol–water partition coefficient (Wildman–Crippen LogP) is 0.456. The molecule has 1 rings (SSSR count). The Balaban J connectivity index is 1.65. The third-order valence-electron chi connectivity index (χ3n) is 7.61. The van der Waals surface area contributed by atoms with Crippen molar-refractivity contribution in [3.05, 3.63) is 0 Å². The number of amides is 3. The Kier molecular flexibility index (Phi) is 35.7. The van der Waals surface area contributed by atoms with Crippen LogP contribution in [-0.2, 0) is 76.0 Å². The summed E-state index contributed by atoms with van der Waals surface area (Å²) >= 11 is 0. The summed E-state index contributed by atoms with van der Waals surface area (Å²) in [5, 5.41) is 2.71. The molecule has 1 heterocycles. The van der Waals surface area contributed by atoms with E-state index >= 15 is 0 Å². The molecule has 0 spiro atoms. The van der Waals surface area contributed by atoms with Crippen LogP contribution in [0.5, 0.6) is 0 Å². The van der Waals surface area contributed by atoms with Crippen LogP contribution < -0.4 is 5.32 Å². The molecule has 0 radical (unpaired) electrons. The maximum Gasteiger partial charge on any atom is 0.232 e. The predicted molar refractivity (Wildman–Crippen MR) is 198 cm³/mol. The van der Waals surface area contributed by atoms with Crippen molar-refractivity contribution in [2.75, 3.05) is 172 Å². The van der Waals surface area contributed by atoms with Gasteiger partial charge < -0.3 is 62.2 Å². The van der Waals surface area contributed by atoms with Crippen molar-refractivity contribution >= 4 is 23.5 Å². The minimum absolute atomic E-state index is 0.0823. The van der Waals surface area contributed by atoms with Crippen LogP contribution in [0.1, 0.15) is 39.5 Å². The summed E-state index contributed by atoms with van der Waals surface area (Å²) in [6, 6.07) is 0. The van der Waals surface area contributed by atoms with E-state index in [1.54, 1.807) is 6.92 Å². The van der Waals surface area contributed by atoms with Crippen LogP contribution in [0.4, 0.5) is 0 Å². The molecule has 0 aromatic rings. The molecule has 3 amide bonds. The van der Waals surface area contributed by atoms with E-state index in [4.69, 9.17) is 56.8 Å². The summed E-state index contributed by atoms with van der Waals surface area (Å²) in [6.45, 7) is 15.1. The summed E-state index contributed by atoms with van der Waals surface area (Å²) in [6.07, 6.45) is 1.30. The second kappa shape index (κ2) is 38.7. The van der Waals surface area contributed by atoms with E-state index in [0.717, 1.165) is 4.90 Å². The van der Waals surface area contributed by atoms with E-state index in [9.17, 15) is 19.2 Å². The fraction of sp³-hybridized carbons (Fsp3) is 0.892. The van der Waals surface area contributed by atoms with Gasteiger partial charge in [-0.2, -0.15) is 0 Å². The van der Waals surface area contributed by atoms with Crippen molar-refractivity contribution in [2.45, 2.75) is 39.5 Å². The number of hydrogen-bond donors (Lipinski definition) is 1. The largest absolute Gasteiger partial charge is 0.379 e. The Bertz CT molecular complexity index is 947. The zero-order chi connectivity index (χ0) is 39.9. The molecule has 1 atom stereocenters. The maximum absolute atomic E-state index is 11.9. The first-order chi connectivity index (χ1) is 27.0. The van der Waals surface area contributed by atoms with Crippen LogP contribution in [0.2, 0.25) is 0 Å². The van der Waals surface area contributed by atoms with E-state index in [1.807, 2.05) is 6.92 Å². The lowest BCUT2D eigenvalue weighted by Crippen LogP contribution is -2.35. The van der Waals surface area contributed by atoms with E-state index < -0.39 is 0 Å². The highest BCUT2D eigenvalue weighted by Crippen LogP contribution is 2.18. The van der Waals surface area contributed by atoms with Gasteiger partial charge in [-0.15, -0.1) is 0 Å². The maximum atomic E-state index is 11.9. The van der Waals surface area contributed by atoms with E-state index in [1.165, 1.54) is 0 Å². The number of carbonyl (C=O) groups is 4. The number of hydrogen-bond acceptors (Lipinski definition) is 16. The fourth-order valence-corrected chi connectivity index (χ4v) is 4.53. The molecule has 1 aliphatic rings. The smallest absolute Gasteiger partial charge is 0.232 e. The van der Waals surface area contributed by atoms with Crippen molar-refractivity contribution in [1.82, 2.24) is 10.2 Å². The average Bonchev–Trinajstić information content (AvgIpc) is 3.43. The number of nitrogens with one attached hydrogen (secondary N) is 1. The number of ketones is 1. The van der Waals surface area contributed by atoms with Crippen molar-refractivity contribution < 1.29 is 76.0 Å². The van der Waals surface area contributed by atoms with Gasteiger partial charge in [-0.1, -0.05) is 13.8 Å². The summed E-state index contributed by atoms with van der Waals surface area (Å²) < 4.78 is 65.4. The number of Topliss-reactive ketones (excluding diaryl/α,β-unsaturated/α-hetero) is 1. The van der Waals surface area contributed by atoms with Gasteiger partial charge in [0.25, 0.3) is 0 Å². The van der Waals surface area contributed by atoms with Gasteiger partial charge in [-0.05, 0) is 0 Å². The van der Waals surface area contributed by atoms with Gasteiger partial charge in [-0.25, -0.2) is 0 Å². The lowest BCUT2D eigenvalue weighted by atomic mass is 10.1. The van der Waals surface area contributed by atoms with E-state index in [0.29, 0.717) is 178 Å². The molecule has 322 valence electrons. The number of ether oxygens (including phenoxy) is 12. The highest BCUT2D eigenvalue weighted by Gasteiger charge is 2.35. The molecule has 1 unspecified atom stereocenters. The Morgan fingerprint density at radius 2 is 0.818 bits per heavy atom. The van der Waals surface area contributed by atoms with E-state index in [-0.39, 0.29) is 48.8 Å². The molecule has 18 nitrogen and oxygen atoms in total. The summed E-state index contributed by atoms with van der Waals surface area (Å²) in [4.78, 5) is 47.8. The minimum atomic E-state index is -0.303. The topological polar surface area (TPSA) is 194 Å². The summed E-state index contributed by atoms with van der Waals surface area (Å²) in [7, 11) is 0. The third-order valence-corrected chi connectivity index (χ3v) is 7.61. The molecule has 0 saturated carbocycles. The van der Waals surface area contributed by atoms with Crippen molar-refractivity contribution in [2.24, 2.45) is 5.92 Å². The van der Waals surface area contributed by atoms with Gasteiger partial charge >= 0.3 is 0 Å². The second-order valence-electron chi connectivity index (χ2n) is 12.1. The standard InChI is InChI=1S/C37H68N2O16/c1-3-34(40)5-8-44-10-12-46-14-16-48-18-20-50-22-24-52-26-28-54-30-31-55-29-27-53-25-23-51-21-19-49-17-15-47-13-11-45-9-6-38-35(41)4-7-39-36(42)32-33(2)37(39)43/h33H,3-32H2,1-2H3,(H,38,41). The molecule has 0 bridgehead atoms. The quantitative estimate of drug-likeness (QED) is 0.0660. The van der Waals surface area contributed by atoms with Gasteiger partial charge in [-0.3, -0.25) is 24.1 Å². The number of carbonyl (C=O) groups excluding carboxylic acids is 4. The Labute approximate surface area is 326 Å². The molecule has 1 N–H and O–H groups in total. The Morgan fingerprint density at radius 3 is 1.11 bits per heavy atom. The fourth-order valence-electron chi connectivity index (χ4n) is 4.53. The highest BCUT2D eigenvalue weighted by molar-refractivity contribution is 6.03. The monoisotopic (exact) mass is 796 g/mol. The first-order valence-electron chi connectivity index (χ1n) is 19.5. The molecule has 1 saturated heterocycles. The van der Waals surface area contributed by atoms with E-state index in [2.05, 4.69) is 5.32 Å². The van der Waals surface area contributed by atoms with Gasteiger partial charge in [0, 0.05) is 44.7 Å². The van der Waals surface area contributed by atoms with Gasteiger partial charge in [0.05, 0.1) is 159 Å². The normalized spacial score (nSPS) is 14.4. The third kappa shape index (κ3) is 32.6. The lowest BCUT2D eigenvalue weighted by Gasteiger charge is -2.14. The summed E-state index contributed by atoms with van der Waals surface area (Å²) in [5.41, 5.74) is 0. The first-order valence-corrected chi connectivity index (χ1v) is 19.5. The highest BCUT2D eigenvalue weighted by atomic mass is 16.6. The van der Waals surface area contributed by atoms with Crippen LogP contribution >= 0.6 is 0 Å². The number of rotatable bonds is 43. The van der Waals surface area contributed by atoms with Crippen LogP contribution in [0.25, 0.3) is 0 Å². The molecule has 1 aliphatic heterocycles. The van der Waals surface area contributed by atoms with Crippen molar-refractivity contribution in [1.29, 1.82) is 0 Å². The molecule has 0 aromatic carbocycles. The zero-order valence-electron chi connectivity index (χ0n) is 33.3. The molecule has 18 heteroatoms.